The van der Waals surface area contributed by atoms with Crippen molar-refractivity contribution in [3.8, 4) is 0 Å². The van der Waals surface area contributed by atoms with E-state index in [4.69, 9.17) is 28.1 Å². The molecule has 0 aliphatic carbocycles. The summed E-state index contributed by atoms with van der Waals surface area (Å²) in [5.41, 5.74) is 3.18. The maximum absolute atomic E-state index is 12.4. The van der Waals surface area contributed by atoms with E-state index in [9.17, 15) is 4.21 Å². The van der Waals surface area contributed by atoms with E-state index in [2.05, 4.69) is 38.9 Å². The number of halogens is 1. The van der Waals surface area contributed by atoms with E-state index in [1.165, 1.54) is 0 Å². The van der Waals surface area contributed by atoms with Crippen molar-refractivity contribution in [2.24, 2.45) is 5.92 Å². The van der Waals surface area contributed by atoms with Gasteiger partial charge in [0.05, 0.1) is 28.1 Å². The Hall–Kier alpha value is -2.69. The summed E-state index contributed by atoms with van der Waals surface area (Å²) >= 11 is 6.59. The third-order valence-corrected chi connectivity index (χ3v) is 7.63. The molecule has 33 heavy (non-hydrogen) atoms. The molecule has 1 fully saturated rings. The van der Waals surface area contributed by atoms with Crippen molar-refractivity contribution in [1.29, 1.82) is 0 Å². The number of nitrogens with zero attached hydrogens (tertiary/aromatic N) is 5. The van der Waals surface area contributed by atoms with Crippen molar-refractivity contribution in [2.45, 2.75) is 31.0 Å². The van der Waals surface area contributed by atoms with E-state index in [0.29, 0.717) is 24.2 Å². The molecule has 1 saturated heterocycles. The third-order valence-electron chi connectivity index (χ3n) is 6.62. The van der Waals surface area contributed by atoms with Gasteiger partial charge in [-0.2, -0.15) is 0 Å². The van der Waals surface area contributed by atoms with Crippen LogP contribution in [0, 0.1) is 12.5 Å². The minimum absolute atomic E-state index is 0.357. The van der Waals surface area contributed by atoms with Crippen molar-refractivity contribution < 1.29 is 4.21 Å². The lowest BCUT2D eigenvalue weighted by atomic mass is 9.96. The highest BCUT2D eigenvalue weighted by atomic mass is 35.5. The van der Waals surface area contributed by atoms with Gasteiger partial charge < -0.3 is 14.6 Å². The molecular weight excluding hydrogens is 454 g/mol. The minimum atomic E-state index is -1.27. The van der Waals surface area contributed by atoms with Crippen LogP contribution in [0.1, 0.15) is 24.1 Å². The topological polar surface area (TPSA) is 53.7 Å². The number of anilines is 2. The van der Waals surface area contributed by atoms with Gasteiger partial charge in [-0.15, -0.1) is 0 Å². The van der Waals surface area contributed by atoms with Crippen LogP contribution in [0.3, 0.4) is 0 Å². The maximum atomic E-state index is 12.4. The van der Waals surface area contributed by atoms with Crippen LogP contribution in [0.5, 0.6) is 0 Å². The number of benzene rings is 2. The van der Waals surface area contributed by atoms with E-state index in [-0.39, 0.29) is 0 Å². The number of piperidine rings is 1. The van der Waals surface area contributed by atoms with Crippen molar-refractivity contribution >= 4 is 44.7 Å². The molecule has 3 heterocycles. The lowest BCUT2D eigenvalue weighted by Gasteiger charge is -2.36. The summed E-state index contributed by atoms with van der Waals surface area (Å²) in [5.74, 6) is 1.27. The van der Waals surface area contributed by atoms with Crippen LogP contribution in [0.4, 0.5) is 11.5 Å². The highest BCUT2D eigenvalue weighted by molar-refractivity contribution is 7.84. The first-order valence-corrected chi connectivity index (χ1v) is 13.2. The maximum Gasteiger partial charge on any atom is 0.220 e. The van der Waals surface area contributed by atoms with Crippen LogP contribution in [-0.2, 0) is 23.8 Å². The number of rotatable bonds is 4. The van der Waals surface area contributed by atoms with Gasteiger partial charge in [-0.3, -0.25) is 4.21 Å². The molecule has 0 bridgehead atoms. The quantitative estimate of drug-likeness (QED) is 0.400. The molecule has 0 saturated carbocycles. The zero-order valence-electron chi connectivity index (χ0n) is 18.6. The van der Waals surface area contributed by atoms with Gasteiger partial charge in [-0.25, -0.2) is 16.5 Å². The molecule has 1 aromatic heterocycles. The molecule has 2 atom stereocenters. The van der Waals surface area contributed by atoms with Gasteiger partial charge >= 0.3 is 0 Å². The Morgan fingerprint density at radius 2 is 2.00 bits per heavy atom. The van der Waals surface area contributed by atoms with Crippen LogP contribution in [-0.4, -0.2) is 46.6 Å². The first-order chi connectivity index (χ1) is 16.0. The van der Waals surface area contributed by atoms with Crippen molar-refractivity contribution in [2.75, 3.05) is 42.2 Å². The molecule has 0 spiro atoms. The zero-order valence-corrected chi connectivity index (χ0v) is 20.2. The van der Waals surface area contributed by atoms with Crippen LogP contribution < -0.4 is 9.80 Å². The second kappa shape index (κ2) is 9.28. The van der Waals surface area contributed by atoms with E-state index in [1.807, 2.05) is 12.1 Å². The van der Waals surface area contributed by atoms with Gasteiger partial charge in [0.25, 0.3) is 0 Å². The van der Waals surface area contributed by atoms with Crippen molar-refractivity contribution in [1.82, 2.24) is 9.97 Å². The Bertz CT molecular complexity index is 1270. The number of fused-ring (bicyclic) bond motifs is 2. The predicted molar refractivity (Wildman–Crippen MR) is 134 cm³/mol. The predicted octanol–water partition coefficient (Wildman–Crippen LogP) is 4.72. The highest BCUT2D eigenvalue weighted by Gasteiger charge is 2.30. The Labute approximate surface area is 201 Å². The zero-order chi connectivity index (χ0) is 22.9. The summed E-state index contributed by atoms with van der Waals surface area (Å²) in [6, 6.07) is 12.2. The number of hydrogen-bond donors (Lipinski definition) is 0. The molecule has 0 amide bonds. The largest absolute Gasteiger partial charge is 0.365 e. The minimum Gasteiger partial charge on any atom is -0.365 e. The SMILES string of the molecule is [C-]#[N+]C[C@@H]1CCCN(c2nc(S(C)=O)nc3c2CCN(c2cccc4cccc(Cl)c24)C3)C1. The molecule has 5 rings (SSSR count). The standard InChI is InChI=1S/C25H26ClN5OS/c1-27-14-17-6-5-12-31(15-17)24-19-11-13-30(16-21(19)28-25(29-24)33(2)32)22-10-4-8-18-7-3-9-20(26)23(18)22/h3-4,7-10,17H,5-6,11-16H2,2H3/t17-,33?/m0/s1. The molecule has 3 aromatic rings. The van der Waals surface area contributed by atoms with Gasteiger partial charge in [0.1, 0.15) is 5.82 Å². The Morgan fingerprint density at radius 1 is 1.18 bits per heavy atom. The van der Waals surface area contributed by atoms with E-state index in [1.54, 1.807) is 6.26 Å². The van der Waals surface area contributed by atoms with E-state index < -0.39 is 10.8 Å². The van der Waals surface area contributed by atoms with Crippen molar-refractivity contribution in [3.63, 3.8) is 0 Å². The summed E-state index contributed by atoms with van der Waals surface area (Å²) in [4.78, 5) is 17.7. The second-order valence-electron chi connectivity index (χ2n) is 8.79. The Balaban J connectivity index is 1.54. The summed E-state index contributed by atoms with van der Waals surface area (Å²) in [7, 11) is -1.27. The van der Waals surface area contributed by atoms with Crippen LogP contribution >= 0.6 is 11.6 Å². The fraction of sp³-hybridized carbons (Fsp3) is 0.400. The average molecular weight is 480 g/mol. The molecule has 0 radical (unpaired) electrons. The van der Waals surface area contributed by atoms with Gasteiger partial charge in [-0.1, -0.05) is 35.9 Å². The van der Waals surface area contributed by atoms with E-state index >= 15 is 0 Å². The summed E-state index contributed by atoms with van der Waals surface area (Å²) in [6.45, 7) is 11.0. The summed E-state index contributed by atoms with van der Waals surface area (Å²) < 4.78 is 12.4. The molecule has 0 N–H and O–H groups in total. The lowest BCUT2D eigenvalue weighted by Crippen LogP contribution is -2.39. The van der Waals surface area contributed by atoms with Crippen molar-refractivity contribution in [3.05, 3.63) is 64.1 Å². The first-order valence-electron chi connectivity index (χ1n) is 11.3. The number of aromatic nitrogens is 2. The fourth-order valence-corrected chi connectivity index (χ4v) is 5.79. The lowest BCUT2D eigenvalue weighted by molar-refractivity contribution is 0.434. The molecular formula is C25H26ClN5OS. The Morgan fingerprint density at radius 3 is 2.79 bits per heavy atom. The van der Waals surface area contributed by atoms with Gasteiger partial charge in [0, 0.05) is 48.4 Å². The third kappa shape index (κ3) is 4.30. The molecule has 2 aromatic carbocycles. The fourth-order valence-electron chi connectivity index (χ4n) is 5.06. The van der Waals surface area contributed by atoms with Gasteiger partial charge in [-0.05, 0) is 36.8 Å². The molecule has 6 nitrogen and oxygen atoms in total. The molecule has 2 aliphatic rings. The molecule has 2 aliphatic heterocycles. The molecule has 1 unspecified atom stereocenters. The average Bonchev–Trinajstić information content (AvgIpc) is 2.83. The van der Waals surface area contributed by atoms with Gasteiger partial charge in [0.2, 0.25) is 11.7 Å². The highest BCUT2D eigenvalue weighted by Crippen LogP contribution is 2.37. The summed E-state index contributed by atoms with van der Waals surface area (Å²) in [5, 5.41) is 3.29. The molecule has 8 heteroatoms. The Kier molecular flexibility index (Phi) is 6.22. The number of hydrogen-bond acceptors (Lipinski definition) is 5. The molecule has 170 valence electrons. The van der Waals surface area contributed by atoms with E-state index in [0.717, 1.165) is 77.5 Å². The van der Waals surface area contributed by atoms with Crippen LogP contribution in [0.25, 0.3) is 15.6 Å². The van der Waals surface area contributed by atoms with Crippen LogP contribution in [0.2, 0.25) is 5.02 Å². The normalized spacial score (nSPS) is 19.2. The van der Waals surface area contributed by atoms with Gasteiger partial charge in [0.15, 0.2) is 0 Å². The van der Waals surface area contributed by atoms with Crippen LogP contribution in [0.15, 0.2) is 41.6 Å². The smallest absolute Gasteiger partial charge is 0.220 e. The second-order valence-corrected chi connectivity index (χ2v) is 10.5. The first kappa shape index (κ1) is 22.1. The summed E-state index contributed by atoms with van der Waals surface area (Å²) in [6.07, 6.45) is 4.57. The monoisotopic (exact) mass is 479 g/mol.